The third-order valence-corrected chi connectivity index (χ3v) is 4.71. The quantitative estimate of drug-likeness (QED) is 0.759. The molecule has 0 aromatic carbocycles. The highest BCUT2D eigenvalue weighted by molar-refractivity contribution is 6.99. The molecule has 1 atom stereocenters. The van der Waals surface area contributed by atoms with E-state index in [9.17, 15) is 13.2 Å². The first-order valence-electron chi connectivity index (χ1n) is 8.18. The lowest BCUT2D eigenvalue weighted by Crippen LogP contribution is -2.22. The molecule has 2 aromatic heterocycles. The molecule has 26 heavy (non-hydrogen) atoms. The fraction of sp³-hybridized carbons (Fsp3) is 0.353. The standard InChI is InChI=1S/C17H18F3N5S/c1-3-5-6-10-7-14(12-9-22-23-16(12)17(18,19)20)21-8-11(10)15-13(4-2)24-26-25-15/h4,7-9,14,21H,2-3,5-6H2,1H3,(H,22,23). The molecule has 138 valence electrons. The van der Waals surface area contributed by atoms with Gasteiger partial charge in [0.2, 0.25) is 0 Å². The molecule has 0 bridgehead atoms. The van der Waals surface area contributed by atoms with Gasteiger partial charge in [0.1, 0.15) is 17.1 Å². The molecule has 0 radical (unpaired) electrons. The van der Waals surface area contributed by atoms with Gasteiger partial charge < -0.3 is 5.32 Å². The topological polar surface area (TPSA) is 66.5 Å². The van der Waals surface area contributed by atoms with Gasteiger partial charge in [0.25, 0.3) is 0 Å². The van der Waals surface area contributed by atoms with Gasteiger partial charge in [0, 0.05) is 17.3 Å². The van der Waals surface area contributed by atoms with E-state index in [1.807, 2.05) is 6.08 Å². The molecular weight excluding hydrogens is 363 g/mol. The molecule has 1 aliphatic rings. The summed E-state index contributed by atoms with van der Waals surface area (Å²) in [6.07, 6.45) is 4.54. The average molecular weight is 381 g/mol. The van der Waals surface area contributed by atoms with Crippen LogP contribution in [0.5, 0.6) is 0 Å². The number of hydrogen-bond acceptors (Lipinski definition) is 5. The zero-order valence-corrected chi connectivity index (χ0v) is 14.9. The van der Waals surface area contributed by atoms with E-state index >= 15 is 0 Å². The van der Waals surface area contributed by atoms with Crippen molar-refractivity contribution in [2.75, 3.05) is 0 Å². The van der Waals surface area contributed by atoms with Crippen LogP contribution in [0.3, 0.4) is 0 Å². The van der Waals surface area contributed by atoms with Gasteiger partial charge in [-0.2, -0.15) is 27.0 Å². The second kappa shape index (κ2) is 7.45. The highest BCUT2D eigenvalue weighted by Crippen LogP contribution is 2.38. The fourth-order valence-corrected chi connectivity index (χ4v) is 3.43. The minimum Gasteiger partial charge on any atom is -0.380 e. The number of hydrogen-bond donors (Lipinski definition) is 2. The van der Waals surface area contributed by atoms with E-state index in [1.54, 1.807) is 12.3 Å². The number of allylic oxidation sites excluding steroid dienone is 2. The van der Waals surface area contributed by atoms with Crippen LogP contribution in [0.4, 0.5) is 13.2 Å². The Kier molecular flexibility index (Phi) is 5.26. The third-order valence-electron chi connectivity index (χ3n) is 4.17. The maximum absolute atomic E-state index is 13.2. The third kappa shape index (κ3) is 3.57. The first-order valence-corrected chi connectivity index (χ1v) is 8.91. The van der Waals surface area contributed by atoms with E-state index in [0.29, 0.717) is 11.4 Å². The number of nitrogens with one attached hydrogen (secondary N) is 2. The Morgan fingerprint density at radius 2 is 2.15 bits per heavy atom. The summed E-state index contributed by atoms with van der Waals surface area (Å²) in [5.74, 6) is 0. The molecule has 0 saturated carbocycles. The van der Waals surface area contributed by atoms with Crippen LogP contribution in [0.25, 0.3) is 11.6 Å². The van der Waals surface area contributed by atoms with Crippen LogP contribution in [0.2, 0.25) is 0 Å². The van der Waals surface area contributed by atoms with Gasteiger partial charge in [-0.15, -0.1) is 0 Å². The normalized spacial score (nSPS) is 17.5. The summed E-state index contributed by atoms with van der Waals surface area (Å²) in [5, 5.41) is 8.67. The van der Waals surface area contributed by atoms with Crippen molar-refractivity contribution in [2.45, 2.75) is 38.4 Å². The van der Waals surface area contributed by atoms with Crippen molar-refractivity contribution < 1.29 is 13.2 Å². The monoisotopic (exact) mass is 381 g/mol. The summed E-state index contributed by atoms with van der Waals surface area (Å²) in [5.41, 5.74) is 2.39. The second-order valence-corrected chi connectivity index (χ2v) is 6.43. The lowest BCUT2D eigenvalue weighted by Gasteiger charge is -2.24. The van der Waals surface area contributed by atoms with Crippen molar-refractivity contribution in [3.63, 3.8) is 0 Å². The molecular formula is C17H18F3N5S. The average Bonchev–Trinajstić information content (AvgIpc) is 3.28. The van der Waals surface area contributed by atoms with E-state index in [4.69, 9.17) is 0 Å². The summed E-state index contributed by atoms with van der Waals surface area (Å²) < 4.78 is 48.0. The summed E-state index contributed by atoms with van der Waals surface area (Å²) in [6, 6.07) is -0.611. The van der Waals surface area contributed by atoms with E-state index in [0.717, 1.165) is 42.1 Å². The number of alkyl halides is 3. The molecule has 1 unspecified atom stereocenters. The SMILES string of the molecule is C=Cc1nsnc1C1=CNC(c2cn[nH]c2C(F)(F)F)C=C1CCCC. The Morgan fingerprint density at radius 1 is 1.35 bits per heavy atom. The zero-order chi connectivity index (χ0) is 18.7. The Morgan fingerprint density at radius 3 is 2.85 bits per heavy atom. The first kappa shape index (κ1) is 18.4. The number of rotatable bonds is 6. The molecule has 0 saturated heterocycles. The number of H-pyrrole nitrogens is 1. The Labute approximate surface area is 153 Å². The summed E-state index contributed by atoms with van der Waals surface area (Å²) in [7, 11) is 0. The van der Waals surface area contributed by atoms with Crippen molar-refractivity contribution in [3.8, 4) is 0 Å². The number of dihydropyridines is 1. The van der Waals surface area contributed by atoms with Crippen LogP contribution in [0, 0.1) is 0 Å². The second-order valence-electron chi connectivity index (χ2n) is 5.90. The molecule has 3 heterocycles. The van der Waals surface area contributed by atoms with E-state index in [1.165, 1.54) is 6.20 Å². The van der Waals surface area contributed by atoms with Gasteiger partial charge in [0.15, 0.2) is 0 Å². The minimum absolute atomic E-state index is 0.0714. The van der Waals surface area contributed by atoms with Crippen molar-refractivity contribution in [1.82, 2.24) is 24.3 Å². The van der Waals surface area contributed by atoms with Crippen LogP contribution in [-0.2, 0) is 6.18 Å². The van der Waals surface area contributed by atoms with Crippen molar-refractivity contribution in [3.05, 3.63) is 53.3 Å². The van der Waals surface area contributed by atoms with Gasteiger partial charge in [-0.3, -0.25) is 5.10 Å². The van der Waals surface area contributed by atoms with Crippen LogP contribution in [0.15, 0.2) is 30.6 Å². The maximum Gasteiger partial charge on any atom is 0.433 e. The highest BCUT2D eigenvalue weighted by atomic mass is 32.1. The molecule has 2 aromatic rings. The zero-order valence-electron chi connectivity index (χ0n) is 14.1. The van der Waals surface area contributed by atoms with Gasteiger partial charge in [0.05, 0.1) is 24.0 Å². The maximum atomic E-state index is 13.2. The van der Waals surface area contributed by atoms with Crippen LogP contribution >= 0.6 is 11.7 Å². The van der Waals surface area contributed by atoms with Gasteiger partial charge in [-0.25, -0.2) is 0 Å². The lowest BCUT2D eigenvalue weighted by atomic mass is 9.91. The molecule has 0 aliphatic carbocycles. The Bertz CT molecular complexity index is 847. The largest absolute Gasteiger partial charge is 0.433 e. The highest BCUT2D eigenvalue weighted by Gasteiger charge is 2.37. The molecule has 0 amide bonds. The molecule has 5 nitrogen and oxygen atoms in total. The van der Waals surface area contributed by atoms with Crippen LogP contribution in [-0.4, -0.2) is 18.9 Å². The van der Waals surface area contributed by atoms with Gasteiger partial charge in [-0.05, 0) is 24.5 Å². The van der Waals surface area contributed by atoms with Crippen LogP contribution < -0.4 is 5.32 Å². The summed E-state index contributed by atoms with van der Waals surface area (Å²) in [6.45, 7) is 5.81. The van der Waals surface area contributed by atoms with Crippen LogP contribution in [0.1, 0.15) is 54.9 Å². The van der Waals surface area contributed by atoms with Crippen molar-refractivity contribution in [2.24, 2.45) is 0 Å². The minimum atomic E-state index is -4.48. The van der Waals surface area contributed by atoms with E-state index < -0.39 is 17.9 Å². The number of halogens is 3. The Balaban J connectivity index is 1.97. The van der Waals surface area contributed by atoms with Gasteiger partial charge >= 0.3 is 6.18 Å². The molecule has 0 fully saturated rings. The molecule has 9 heteroatoms. The molecule has 1 aliphatic heterocycles. The molecule has 0 spiro atoms. The first-order chi connectivity index (χ1) is 12.5. The number of nitrogens with zero attached hydrogens (tertiary/aromatic N) is 3. The van der Waals surface area contributed by atoms with E-state index in [2.05, 4.69) is 37.8 Å². The van der Waals surface area contributed by atoms with E-state index in [-0.39, 0.29) is 5.56 Å². The number of aromatic nitrogens is 4. The molecule has 2 N–H and O–H groups in total. The fourth-order valence-electron chi connectivity index (χ4n) is 2.86. The number of aromatic amines is 1. The predicted molar refractivity (Wildman–Crippen MR) is 95.1 cm³/mol. The number of unbranched alkanes of at least 4 members (excludes halogenated alkanes) is 1. The van der Waals surface area contributed by atoms with Gasteiger partial charge in [-0.1, -0.05) is 26.0 Å². The Hall–Kier alpha value is -2.42. The smallest absolute Gasteiger partial charge is 0.380 e. The predicted octanol–water partition coefficient (Wildman–Crippen LogP) is 4.73. The molecule has 3 rings (SSSR count). The van der Waals surface area contributed by atoms with Crippen molar-refractivity contribution >= 4 is 23.4 Å². The lowest BCUT2D eigenvalue weighted by molar-refractivity contribution is -0.141. The summed E-state index contributed by atoms with van der Waals surface area (Å²) in [4.78, 5) is 0. The van der Waals surface area contributed by atoms with Crippen molar-refractivity contribution in [1.29, 1.82) is 0 Å². The summed E-state index contributed by atoms with van der Waals surface area (Å²) >= 11 is 1.08.